The van der Waals surface area contributed by atoms with Gasteiger partial charge in [0.15, 0.2) is 0 Å². The summed E-state index contributed by atoms with van der Waals surface area (Å²) < 4.78 is 2.05. The fraction of sp³-hybridized carbons (Fsp3) is 0.583. The van der Waals surface area contributed by atoms with Gasteiger partial charge in [0.05, 0.1) is 0 Å². The predicted molar refractivity (Wildman–Crippen MR) is 64.1 cm³/mol. The summed E-state index contributed by atoms with van der Waals surface area (Å²) in [4.78, 5) is 0. The zero-order valence-corrected chi connectivity index (χ0v) is 12.9. The van der Waals surface area contributed by atoms with E-state index in [1.54, 1.807) is 0 Å². The third-order valence-electron chi connectivity index (χ3n) is 1.03. The molecule has 0 aromatic carbocycles. The fourth-order valence-electron chi connectivity index (χ4n) is 0.343. The summed E-state index contributed by atoms with van der Waals surface area (Å²) in [6, 6.07) is 0. The molecular formula is C12H21BW-. The molecule has 0 heterocycles. The first-order chi connectivity index (χ1) is 5.91. The summed E-state index contributed by atoms with van der Waals surface area (Å²) in [5.74, 6) is 1.30. The molecule has 0 nitrogen and oxygen atoms in total. The van der Waals surface area contributed by atoms with Crippen LogP contribution in [0.3, 0.4) is 0 Å². The maximum atomic E-state index is 5.62. The molecule has 0 fully saturated rings. The van der Waals surface area contributed by atoms with E-state index in [4.69, 9.17) is 6.58 Å². The normalized spacial score (nSPS) is 9.36. The van der Waals surface area contributed by atoms with Gasteiger partial charge in [0.25, 0.3) is 0 Å². The number of rotatable bonds is 3. The van der Waals surface area contributed by atoms with E-state index in [0.717, 1.165) is 11.5 Å². The van der Waals surface area contributed by atoms with E-state index in [2.05, 4.69) is 39.0 Å². The molecule has 0 amide bonds. The molecule has 0 aromatic rings. The molecule has 0 saturated carbocycles. The molecule has 0 rings (SSSR count). The zero-order valence-electron chi connectivity index (χ0n) is 9.95. The average molecular weight is 360 g/mol. The fourth-order valence-corrected chi connectivity index (χ4v) is 0.625. The van der Waals surface area contributed by atoms with Gasteiger partial charge in [0, 0.05) is 8.41 Å². The Morgan fingerprint density at radius 2 is 1.50 bits per heavy atom. The van der Waals surface area contributed by atoms with E-state index >= 15 is 0 Å². The van der Waals surface area contributed by atoms with Crippen molar-refractivity contribution in [1.29, 1.82) is 0 Å². The van der Waals surface area contributed by atoms with Gasteiger partial charge in [-0.15, -0.1) is 0 Å². The van der Waals surface area contributed by atoms with Gasteiger partial charge in [-0.05, 0) is 5.92 Å². The van der Waals surface area contributed by atoms with Gasteiger partial charge in [-0.1, -0.05) is 20.8 Å². The molecule has 2 heteroatoms. The van der Waals surface area contributed by atoms with Crippen molar-refractivity contribution in [3.05, 3.63) is 24.3 Å². The molecule has 79 valence electrons. The first kappa shape index (κ1) is 19.6. The summed E-state index contributed by atoms with van der Waals surface area (Å²) in [5, 5.41) is 0. The Morgan fingerprint density at radius 1 is 1.14 bits per heavy atom. The van der Waals surface area contributed by atoms with Crippen LogP contribution >= 0.6 is 0 Å². The number of hydrogen-bond donors (Lipinski definition) is 0. The van der Waals surface area contributed by atoms with E-state index in [0.29, 0.717) is 5.92 Å². The first-order valence-corrected chi connectivity index (χ1v) is 6.35. The van der Waals surface area contributed by atoms with E-state index < -0.39 is 0 Å². The molecule has 0 bridgehead atoms. The Morgan fingerprint density at radius 3 is 1.71 bits per heavy atom. The van der Waals surface area contributed by atoms with Crippen molar-refractivity contribution < 1.29 is 19.4 Å². The van der Waals surface area contributed by atoms with Crippen LogP contribution in [0.5, 0.6) is 0 Å². The second kappa shape index (κ2) is 13.1. The Balaban J connectivity index is -0.000000209. The summed E-state index contributed by atoms with van der Waals surface area (Å²) >= 11 is 1.46. The van der Waals surface area contributed by atoms with Crippen molar-refractivity contribution in [1.82, 2.24) is 0 Å². The summed E-state index contributed by atoms with van der Waals surface area (Å²) in [7, 11) is 0. The van der Waals surface area contributed by atoms with Gasteiger partial charge in [-0.3, -0.25) is 0 Å². The maximum absolute atomic E-state index is 5.62. The third kappa shape index (κ3) is 22.7. The second-order valence-corrected chi connectivity index (χ2v) is 4.86. The molecule has 0 aromatic heterocycles. The van der Waals surface area contributed by atoms with Gasteiger partial charge < -0.3 is 0 Å². The van der Waals surface area contributed by atoms with Crippen LogP contribution < -0.4 is 0 Å². The summed E-state index contributed by atoms with van der Waals surface area (Å²) in [6.45, 7) is 16.3. The second-order valence-electron chi connectivity index (χ2n) is 3.88. The van der Waals surface area contributed by atoms with Crippen LogP contribution in [0.2, 0.25) is 0 Å². The van der Waals surface area contributed by atoms with Crippen molar-refractivity contribution in [2.45, 2.75) is 34.6 Å². The molecular weight excluding hydrogens is 339 g/mol. The molecule has 0 atom stereocenters. The van der Waals surface area contributed by atoms with Crippen LogP contribution in [0, 0.1) is 18.4 Å². The van der Waals surface area contributed by atoms with Crippen LogP contribution in [0.25, 0.3) is 0 Å². The molecule has 0 N–H and O–H groups in total. The predicted octanol–water partition coefficient (Wildman–Crippen LogP) is 3.19. The zero-order chi connectivity index (χ0) is 10.9. The monoisotopic (exact) mass is 360 g/mol. The van der Waals surface area contributed by atoms with Gasteiger partial charge in [-0.2, -0.15) is 0 Å². The number of allylic oxidation sites excluding steroid dienone is 3. The number of hydrogen-bond acceptors (Lipinski definition) is 0. The van der Waals surface area contributed by atoms with Gasteiger partial charge in [0.1, 0.15) is 0 Å². The van der Waals surface area contributed by atoms with Crippen molar-refractivity contribution in [3.63, 3.8) is 0 Å². The molecule has 3 radical (unpaired) electrons. The van der Waals surface area contributed by atoms with Crippen LogP contribution in [0.15, 0.2) is 17.7 Å². The molecule has 0 saturated heterocycles. The summed E-state index contributed by atoms with van der Waals surface area (Å²) in [5.41, 5.74) is 0.951. The van der Waals surface area contributed by atoms with Crippen LogP contribution in [-0.2, 0) is 19.4 Å². The molecule has 0 unspecified atom stereocenters. The Labute approximate surface area is 103 Å². The van der Waals surface area contributed by atoms with Crippen molar-refractivity contribution in [3.8, 4) is 0 Å². The molecule has 0 aliphatic rings. The topological polar surface area (TPSA) is 0 Å². The third-order valence-corrected chi connectivity index (χ3v) is 1.60. The van der Waals surface area contributed by atoms with E-state index in [-0.39, 0.29) is 8.41 Å². The van der Waals surface area contributed by atoms with Crippen LogP contribution in [-0.4, -0.2) is 12.8 Å². The standard InChI is InChI=1S/C8H11.C4H10.B.W/c1-5-6-8(4)7(2)3;1-4(2)3;;/h1,4-7H,2-3H3;4H,1-3H3;;/q-1;;;. The van der Waals surface area contributed by atoms with E-state index in [9.17, 15) is 0 Å². The Kier molecular flexibility index (Phi) is 18.4. The van der Waals surface area contributed by atoms with Gasteiger partial charge in [-0.25, -0.2) is 0 Å². The minimum absolute atomic E-state index is 0. The molecule has 0 spiro atoms. The Bertz CT molecular complexity index is 166. The van der Waals surface area contributed by atoms with Gasteiger partial charge >= 0.3 is 67.8 Å². The molecule has 0 aliphatic heterocycles. The quantitative estimate of drug-likeness (QED) is 0.412. The van der Waals surface area contributed by atoms with Crippen molar-refractivity contribution in [2.24, 2.45) is 11.8 Å². The van der Waals surface area contributed by atoms with E-state index in [1.165, 1.54) is 19.4 Å². The van der Waals surface area contributed by atoms with E-state index in [1.807, 2.05) is 12.2 Å². The summed E-state index contributed by atoms with van der Waals surface area (Å²) in [6.07, 6.45) is 3.95. The van der Waals surface area contributed by atoms with Crippen LogP contribution in [0.1, 0.15) is 34.6 Å². The minimum atomic E-state index is 0. The van der Waals surface area contributed by atoms with Crippen LogP contribution in [0.4, 0.5) is 0 Å². The first-order valence-electron chi connectivity index (χ1n) is 4.66. The van der Waals surface area contributed by atoms with Gasteiger partial charge in [0.2, 0.25) is 0 Å². The van der Waals surface area contributed by atoms with Crippen molar-refractivity contribution in [2.75, 3.05) is 0 Å². The SMILES string of the molecule is CC(C)C.[B].[CH-]=C(C=C[CH]=[W])C(C)C. The average Bonchev–Trinajstić information content (AvgIpc) is 1.98. The molecule has 14 heavy (non-hydrogen) atoms. The Hall–Kier alpha value is 0.103. The van der Waals surface area contributed by atoms with Crippen molar-refractivity contribution >= 4 is 12.8 Å². The molecule has 0 aliphatic carbocycles.